The van der Waals surface area contributed by atoms with Crippen LogP contribution >= 0.6 is 0 Å². The third-order valence-corrected chi connectivity index (χ3v) is 6.32. The first-order chi connectivity index (χ1) is 10.9. The first kappa shape index (κ1) is 15.3. The van der Waals surface area contributed by atoms with Crippen LogP contribution in [0.3, 0.4) is 0 Å². The normalized spacial score (nSPS) is 33.7. The number of likely N-dealkylation sites (N-methyl/N-ethyl adjacent to an activating group) is 1. The van der Waals surface area contributed by atoms with Crippen molar-refractivity contribution in [2.45, 2.75) is 56.3 Å². The van der Waals surface area contributed by atoms with Gasteiger partial charge in [-0.3, -0.25) is 0 Å². The first-order valence-corrected chi connectivity index (χ1v) is 8.48. The van der Waals surface area contributed by atoms with Crippen molar-refractivity contribution in [1.82, 2.24) is 4.90 Å². The van der Waals surface area contributed by atoms with Crippen LogP contribution in [0.1, 0.15) is 43.2 Å². The van der Waals surface area contributed by atoms with Crippen LogP contribution in [-0.4, -0.2) is 30.9 Å². The van der Waals surface area contributed by atoms with Crippen molar-refractivity contribution in [1.29, 1.82) is 0 Å². The number of halogens is 3. The Morgan fingerprint density at radius 3 is 2.83 bits per heavy atom. The van der Waals surface area contributed by atoms with E-state index in [-0.39, 0.29) is 11.2 Å². The zero-order valence-electron chi connectivity index (χ0n) is 13.3. The highest BCUT2D eigenvalue weighted by Gasteiger charge is 2.53. The minimum atomic E-state index is -4.62. The molecular formula is C18H22F3NO. The molecule has 1 aromatic rings. The molecule has 2 fully saturated rings. The molecule has 1 unspecified atom stereocenters. The van der Waals surface area contributed by atoms with E-state index in [1.165, 1.54) is 30.9 Å². The summed E-state index contributed by atoms with van der Waals surface area (Å²) in [6, 6.07) is 5.55. The highest BCUT2D eigenvalue weighted by molar-refractivity contribution is 5.45. The van der Waals surface area contributed by atoms with E-state index in [4.69, 9.17) is 0 Å². The topological polar surface area (TPSA) is 12.5 Å². The molecule has 1 aliphatic heterocycles. The Morgan fingerprint density at radius 1 is 1.22 bits per heavy atom. The van der Waals surface area contributed by atoms with Crippen LogP contribution in [0.15, 0.2) is 18.2 Å². The van der Waals surface area contributed by atoms with Gasteiger partial charge in [0.1, 0.15) is 5.75 Å². The molecule has 2 nitrogen and oxygen atoms in total. The number of piperidine rings is 1. The van der Waals surface area contributed by atoms with Gasteiger partial charge in [0.05, 0.1) is 0 Å². The number of benzene rings is 1. The standard InChI is InChI=1S/C18H22F3NO/c1-22-9-8-17-7-3-2-4-14(17)16(22)10-12-5-6-13(11-15(12)17)23-18(19,20)21/h5-6,11,14,16H,2-4,7-10H2,1H3/t14?,16-,17-/m0/s1. The molecule has 0 amide bonds. The van der Waals surface area contributed by atoms with Crippen molar-refractivity contribution < 1.29 is 17.9 Å². The van der Waals surface area contributed by atoms with Crippen LogP contribution in [0.2, 0.25) is 0 Å². The molecule has 1 heterocycles. The Hall–Kier alpha value is -1.23. The van der Waals surface area contributed by atoms with E-state index in [1.54, 1.807) is 6.07 Å². The molecule has 1 saturated carbocycles. The number of hydrogen-bond donors (Lipinski definition) is 0. The molecule has 0 spiro atoms. The summed E-state index contributed by atoms with van der Waals surface area (Å²) in [5, 5.41) is 0. The Kier molecular flexibility index (Phi) is 3.42. The molecule has 2 aliphatic carbocycles. The summed E-state index contributed by atoms with van der Waals surface area (Å²) in [4.78, 5) is 2.46. The summed E-state index contributed by atoms with van der Waals surface area (Å²) >= 11 is 0. The maximum absolute atomic E-state index is 12.6. The lowest BCUT2D eigenvalue weighted by molar-refractivity contribution is -0.274. The predicted octanol–water partition coefficient (Wildman–Crippen LogP) is 4.27. The average molecular weight is 325 g/mol. The Labute approximate surface area is 134 Å². The van der Waals surface area contributed by atoms with Crippen molar-refractivity contribution in [2.24, 2.45) is 5.92 Å². The number of likely N-dealkylation sites (tertiary alicyclic amines) is 1. The first-order valence-electron chi connectivity index (χ1n) is 8.48. The maximum Gasteiger partial charge on any atom is 0.573 e. The third-order valence-electron chi connectivity index (χ3n) is 6.32. The number of fused-ring (bicyclic) bond motifs is 1. The fraction of sp³-hybridized carbons (Fsp3) is 0.667. The van der Waals surface area contributed by atoms with Gasteiger partial charge >= 0.3 is 6.36 Å². The van der Waals surface area contributed by atoms with E-state index in [0.29, 0.717) is 12.0 Å². The van der Waals surface area contributed by atoms with Gasteiger partial charge in [-0.2, -0.15) is 0 Å². The van der Waals surface area contributed by atoms with E-state index < -0.39 is 6.36 Å². The molecule has 1 aromatic carbocycles. The van der Waals surface area contributed by atoms with E-state index >= 15 is 0 Å². The second-order valence-corrected chi connectivity index (χ2v) is 7.38. The van der Waals surface area contributed by atoms with Gasteiger partial charge in [-0.15, -0.1) is 13.2 Å². The van der Waals surface area contributed by atoms with Crippen LogP contribution in [-0.2, 0) is 11.8 Å². The third kappa shape index (κ3) is 2.44. The molecular weight excluding hydrogens is 303 g/mol. The van der Waals surface area contributed by atoms with E-state index in [2.05, 4.69) is 16.7 Å². The number of ether oxygens (including phenoxy) is 1. The minimum absolute atomic E-state index is 0.0627. The monoisotopic (exact) mass is 325 g/mol. The summed E-state index contributed by atoms with van der Waals surface area (Å²) in [5.74, 6) is 0.510. The smallest absolute Gasteiger partial charge is 0.406 e. The fourth-order valence-corrected chi connectivity index (χ4v) is 5.37. The zero-order valence-corrected chi connectivity index (χ0v) is 13.3. The quantitative estimate of drug-likeness (QED) is 0.764. The average Bonchev–Trinajstić information content (AvgIpc) is 2.50. The molecule has 23 heavy (non-hydrogen) atoms. The molecule has 126 valence electrons. The number of hydrogen-bond acceptors (Lipinski definition) is 2. The second-order valence-electron chi connectivity index (χ2n) is 7.38. The second kappa shape index (κ2) is 5.13. The fourth-order valence-electron chi connectivity index (χ4n) is 5.37. The molecule has 2 bridgehead atoms. The van der Waals surface area contributed by atoms with Crippen LogP contribution in [0, 0.1) is 5.92 Å². The number of rotatable bonds is 1. The zero-order chi connectivity index (χ0) is 16.2. The van der Waals surface area contributed by atoms with Gasteiger partial charge < -0.3 is 9.64 Å². The van der Waals surface area contributed by atoms with Gasteiger partial charge in [-0.25, -0.2) is 0 Å². The highest BCUT2D eigenvalue weighted by Crippen LogP contribution is 2.56. The van der Waals surface area contributed by atoms with E-state index in [1.807, 2.05) is 6.07 Å². The summed E-state index contributed by atoms with van der Waals surface area (Å²) in [6.07, 6.45) is 2.09. The summed E-state index contributed by atoms with van der Waals surface area (Å²) in [5.41, 5.74) is 2.41. The van der Waals surface area contributed by atoms with Crippen LogP contribution in [0.5, 0.6) is 5.75 Å². The molecule has 0 N–H and O–H groups in total. The van der Waals surface area contributed by atoms with Gasteiger partial charge in [0.25, 0.3) is 0 Å². The van der Waals surface area contributed by atoms with Crippen molar-refractivity contribution >= 4 is 0 Å². The van der Waals surface area contributed by atoms with Crippen LogP contribution in [0.25, 0.3) is 0 Å². The molecule has 3 aliphatic rings. The largest absolute Gasteiger partial charge is 0.573 e. The van der Waals surface area contributed by atoms with Crippen molar-refractivity contribution in [3.63, 3.8) is 0 Å². The summed E-state index contributed by atoms with van der Waals surface area (Å²) in [7, 11) is 2.19. The number of nitrogens with zero attached hydrogens (tertiary/aromatic N) is 1. The predicted molar refractivity (Wildman–Crippen MR) is 81.5 cm³/mol. The highest BCUT2D eigenvalue weighted by atomic mass is 19.4. The molecule has 1 saturated heterocycles. The van der Waals surface area contributed by atoms with Gasteiger partial charge in [0.2, 0.25) is 0 Å². The van der Waals surface area contributed by atoms with Crippen LogP contribution in [0.4, 0.5) is 13.2 Å². The van der Waals surface area contributed by atoms with Gasteiger partial charge in [0, 0.05) is 11.5 Å². The molecule has 0 radical (unpaired) electrons. The summed E-state index contributed by atoms with van der Waals surface area (Å²) in [6.45, 7) is 1.03. The van der Waals surface area contributed by atoms with Gasteiger partial charge in [-0.05, 0) is 68.5 Å². The van der Waals surface area contributed by atoms with Gasteiger partial charge in [0.15, 0.2) is 0 Å². The maximum atomic E-state index is 12.6. The Balaban J connectivity index is 1.79. The number of alkyl halides is 3. The SMILES string of the molecule is CN1CC[C@@]23CCCCC2[C@@H]1Cc1ccc(OC(F)(F)F)cc13. The van der Waals surface area contributed by atoms with Crippen molar-refractivity contribution in [3.8, 4) is 5.75 Å². The lowest BCUT2D eigenvalue weighted by atomic mass is 9.52. The Morgan fingerprint density at radius 2 is 2.04 bits per heavy atom. The molecule has 0 aromatic heterocycles. The molecule has 4 rings (SSSR count). The minimum Gasteiger partial charge on any atom is -0.406 e. The lowest BCUT2D eigenvalue weighted by Gasteiger charge is -2.58. The van der Waals surface area contributed by atoms with Crippen molar-refractivity contribution in [3.05, 3.63) is 29.3 Å². The Bertz CT molecular complexity index is 615. The lowest BCUT2D eigenvalue weighted by Crippen LogP contribution is -2.59. The molecule has 5 heteroatoms. The molecule has 3 atom stereocenters. The van der Waals surface area contributed by atoms with E-state index in [0.717, 1.165) is 31.4 Å². The van der Waals surface area contributed by atoms with Gasteiger partial charge in [-0.1, -0.05) is 18.9 Å². The van der Waals surface area contributed by atoms with E-state index in [9.17, 15) is 13.2 Å². The van der Waals surface area contributed by atoms with Crippen LogP contribution < -0.4 is 4.74 Å². The summed E-state index contributed by atoms with van der Waals surface area (Å²) < 4.78 is 41.9. The van der Waals surface area contributed by atoms with Crippen molar-refractivity contribution in [2.75, 3.05) is 13.6 Å².